The maximum Gasteiger partial charge on any atom is 0.221 e. The van der Waals surface area contributed by atoms with Crippen LogP contribution in [0.5, 0.6) is 11.5 Å². The first-order valence-electron chi connectivity index (χ1n) is 9.62. The molecule has 0 unspecified atom stereocenters. The van der Waals surface area contributed by atoms with E-state index in [1.807, 2.05) is 48.7 Å². The Hall–Kier alpha value is -3.54. The summed E-state index contributed by atoms with van der Waals surface area (Å²) in [6.45, 7) is 2.47. The first-order valence-corrected chi connectivity index (χ1v) is 9.62. The lowest BCUT2D eigenvalue weighted by atomic mass is 9.90. The molecular formula is C23H20N2O4. The molecule has 2 aliphatic rings. The molecule has 0 spiro atoms. The number of aromatic nitrogens is 1. The molecule has 3 heterocycles. The molecule has 0 bridgehead atoms. The number of benzene rings is 2. The first kappa shape index (κ1) is 17.6. The van der Waals surface area contributed by atoms with Crippen LogP contribution in [-0.4, -0.2) is 29.5 Å². The number of hydrogen-bond acceptors (Lipinski definition) is 4. The van der Waals surface area contributed by atoms with Crippen molar-refractivity contribution in [2.24, 2.45) is 0 Å². The molecule has 1 atom stereocenters. The molecule has 1 N–H and O–H groups in total. The fraction of sp³-hybridized carbons (Fsp3) is 0.217. The number of carbonyl (C=O) groups excluding carboxylic acids is 2. The summed E-state index contributed by atoms with van der Waals surface area (Å²) in [6, 6.07) is 15.4. The van der Waals surface area contributed by atoms with Crippen molar-refractivity contribution in [3.05, 3.63) is 71.5 Å². The van der Waals surface area contributed by atoms with E-state index >= 15 is 0 Å². The van der Waals surface area contributed by atoms with Crippen LogP contribution in [0.15, 0.2) is 54.7 Å². The zero-order valence-corrected chi connectivity index (χ0v) is 16.0. The highest BCUT2D eigenvalue weighted by molar-refractivity contribution is 6.01. The normalized spacial score (nSPS) is 17.1. The molecule has 0 saturated carbocycles. The Morgan fingerprint density at radius 3 is 2.52 bits per heavy atom. The van der Waals surface area contributed by atoms with Crippen molar-refractivity contribution in [1.82, 2.24) is 4.57 Å². The van der Waals surface area contributed by atoms with E-state index in [-0.39, 0.29) is 17.6 Å². The average molecular weight is 388 g/mol. The second-order valence-electron chi connectivity index (χ2n) is 7.30. The fourth-order valence-corrected chi connectivity index (χ4v) is 4.09. The summed E-state index contributed by atoms with van der Waals surface area (Å²) in [7, 11) is 0. The Balaban J connectivity index is 1.58. The van der Waals surface area contributed by atoms with Crippen LogP contribution < -0.4 is 14.8 Å². The largest absolute Gasteiger partial charge is 0.486 e. The third kappa shape index (κ3) is 3.06. The highest BCUT2D eigenvalue weighted by atomic mass is 16.6. The van der Waals surface area contributed by atoms with Crippen LogP contribution >= 0.6 is 0 Å². The van der Waals surface area contributed by atoms with E-state index in [0.29, 0.717) is 36.7 Å². The Kier molecular flexibility index (Phi) is 4.12. The number of hydrogen-bond donors (Lipinski definition) is 1. The van der Waals surface area contributed by atoms with Crippen molar-refractivity contribution in [1.29, 1.82) is 0 Å². The van der Waals surface area contributed by atoms with Gasteiger partial charge in [-0.05, 0) is 35.9 Å². The van der Waals surface area contributed by atoms with Crippen molar-refractivity contribution in [2.45, 2.75) is 19.3 Å². The van der Waals surface area contributed by atoms with Gasteiger partial charge in [0.25, 0.3) is 0 Å². The number of nitrogens with zero attached hydrogens (tertiary/aromatic N) is 1. The van der Waals surface area contributed by atoms with Crippen LogP contribution in [0.1, 0.15) is 40.9 Å². The highest BCUT2D eigenvalue weighted by Gasteiger charge is 2.30. The van der Waals surface area contributed by atoms with Gasteiger partial charge in [0.15, 0.2) is 17.3 Å². The zero-order valence-electron chi connectivity index (χ0n) is 16.0. The van der Waals surface area contributed by atoms with Crippen LogP contribution in [0, 0.1) is 0 Å². The van der Waals surface area contributed by atoms with Gasteiger partial charge in [-0.2, -0.15) is 0 Å². The standard InChI is InChI=1S/C23H20N2O4/c1-14(26)24-16-6-4-15(5-7-16)17-11-21(27)18-12-22-23(29-10-9-28-22)13-20(18)25-8-2-3-19(17)25/h2-8,12-13,17H,9-11H2,1H3,(H,24,26)/t17-/m0/s1. The quantitative estimate of drug-likeness (QED) is 0.722. The molecule has 29 heavy (non-hydrogen) atoms. The van der Waals surface area contributed by atoms with Gasteiger partial charge in [0.1, 0.15) is 13.2 Å². The lowest BCUT2D eigenvalue weighted by molar-refractivity contribution is -0.114. The van der Waals surface area contributed by atoms with Crippen LogP contribution in [-0.2, 0) is 4.79 Å². The van der Waals surface area contributed by atoms with Crippen molar-refractivity contribution in [3.8, 4) is 17.2 Å². The minimum Gasteiger partial charge on any atom is -0.486 e. The summed E-state index contributed by atoms with van der Waals surface area (Å²) < 4.78 is 13.5. The van der Waals surface area contributed by atoms with Crippen molar-refractivity contribution < 1.29 is 19.1 Å². The molecule has 0 radical (unpaired) electrons. The predicted octanol–water partition coefficient (Wildman–Crippen LogP) is 3.93. The first-order chi connectivity index (χ1) is 14.1. The van der Waals surface area contributed by atoms with Crippen molar-refractivity contribution in [2.75, 3.05) is 18.5 Å². The molecule has 2 aromatic carbocycles. The monoisotopic (exact) mass is 388 g/mol. The minimum absolute atomic E-state index is 0.0663. The number of fused-ring (bicyclic) bond motifs is 4. The number of anilines is 1. The Morgan fingerprint density at radius 1 is 1.07 bits per heavy atom. The van der Waals surface area contributed by atoms with Gasteiger partial charge in [0, 0.05) is 48.5 Å². The Labute approximate surface area is 168 Å². The van der Waals surface area contributed by atoms with E-state index in [4.69, 9.17) is 9.47 Å². The lowest BCUT2D eigenvalue weighted by Crippen LogP contribution is -2.16. The third-order valence-corrected chi connectivity index (χ3v) is 5.38. The van der Waals surface area contributed by atoms with E-state index in [0.717, 1.165) is 22.6 Å². The molecule has 5 rings (SSSR count). The van der Waals surface area contributed by atoms with Gasteiger partial charge >= 0.3 is 0 Å². The van der Waals surface area contributed by atoms with Crippen molar-refractivity contribution in [3.63, 3.8) is 0 Å². The lowest BCUT2D eigenvalue weighted by Gasteiger charge is -2.21. The van der Waals surface area contributed by atoms with E-state index in [9.17, 15) is 9.59 Å². The number of ether oxygens (including phenoxy) is 2. The number of rotatable bonds is 2. The van der Waals surface area contributed by atoms with E-state index in [2.05, 4.69) is 9.88 Å². The highest BCUT2D eigenvalue weighted by Crippen LogP contribution is 2.41. The molecule has 0 aliphatic carbocycles. The number of carbonyl (C=O) groups is 2. The van der Waals surface area contributed by atoms with Gasteiger partial charge in [-0.3, -0.25) is 9.59 Å². The zero-order chi connectivity index (χ0) is 20.0. The van der Waals surface area contributed by atoms with Crippen LogP contribution in [0.25, 0.3) is 5.69 Å². The maximum absolute atomic E-state index is 13.2. The van der Waals surface area contributed by atoms with Gasteiger partial charge in [0.2, 0.25) is 5.91 Å². The topological polar surface area (TPSA) is 69.6 Å². The smallest absolute Gasteiger partial charge is 0.221 e. The van der Waals surface area contributed by atoms with E-state index in [1.165, 1.54) is 6.92 Å². The number of amides is 1. The Morgan fingerprint density at radius 2 is 1.79 bits per heavy atom. The summed E-state index contributed by atoms with van der Waals surface area (Å²) in [5, 5.41) is 2.78. The van der Waals surface area contributed by atoms with Gasteiger partial charge in [-0.15, -0.1) is 0 Å². The SMILES string of the molecule is CC(=O)Nc1ccc([C@@H]2CC(=O)c3cc4c(cc3-n3cccc32)OCCO4)cc1. The Bertz CT molecular complexity index is 1110. The summed E-state index contributed by atoms with van der Waals surface area (Å²) in [4.78, 5) is 24.5. The molecule has 1 amide bonds. The van der Waals surface area contributed by atoms with Crippen molar-refractivity contribution >= 4 is 17.4 Å². The number of nitrogens with one attached hydrogen (secondary N) is 1. The second kappa shape index (κ2) is 6.81. The van der Waals surface area contributed by atoms with Crippen LogP contribution in [0.2, 0.25) is 0 Å². The van der Waals surface area contributed by atoms with Crippen LogP contribution in [0.3, 0.4) is 0 Å². The second-order valence-corrected chi connectivity index (χ2v) is 7.30. The van der Waals surface area contributed by atoms with Gasteiger partial charge in [0.05, 0.1) is 5.69 Å². The van der Waals surface area contributed by atoms with Gasteiger partial charge in [-0.1, -0.05) is 12.1 Å². The molecular weight excluding hydrogens is 368 g/mol. The predicted molar refractivity (Wildman–Crippen MR) is 108 cm³/mol. The fourth-order valence-electron chi connectivity index (χ4n) is 4.09. The number of ketones is 1. The molecule has 6 nitrogen and oxygen atoms in total. The third-order valence-electron chi connectivity index (χ3n) is 5.38. The molecule has 6 heteroatoms. The van der Waals surface area contributed by atoms with Crippen LogP contribution in [0.4, 0.5) is 5.69 Å². The summed E-state index contributed by atoms with van der Waals surface area (Å²) in [6.07, 6.45) is 2.33. The van der Waals surface area contributed by atoms with Gasteiger partial charge in [-0.25, -0.2) is 0 Å². The minimum atomic E-state index is -0.111. The van der Waals surface area contributed by atoms with E-state index in [1.54, 1.807) is 6.07 Å². The molecule has 0 saturated heterocycles. The number of Topliss-reactive ketones (excluding diaryl/α,β-unsaturated/α-hetero) is 1. The summed E-state index contributed by atoms with van der Waals surface area (Å²) in [5.41, 5.74) is 4.26. The maximum atomic E-state index is 13.2. The molecule has 0 fully saturated rings. The molecule has 146 valence electrons. The average Bonchev–Trinajstić information content (AvgIpc) is 3.17. The molecule has 3 aromatic rings. The summed E-state index contributed by atoms with van der Waals surface area (Å²) >= 11 is 0. The van der Waals surface area contributed by atoms with E-state index < -0.39 is 0 Å². The van der Waals surface area contributed by atoms with Gasteiger partial charge < -0.3 is 19.4 Å². The molecule has 1 aromatic heterocycles. The summed E-state index contributed by atoms with van der Waals surface area (Å²) in [5.74, 6) is 1.16. The molecule has 2 aliphatic heterocycles.